The summed E-state index contributed by atoms with van der Waals surface area (Å²) in [5.41, 5.74) is 0.995. The van der Waals surface area contributed by atoms with Gasteiger partial charge in [-0.15, -0.1) is 0 Å². The molecule has 30 heavy (non-hydrogen) atoms. The van der Waals surface area contributed by atoms with Crippen molar-refractivity contribution in [3.05, 3.63) is 109 Å². The van der Waals surface area contributed by atoms with Crippen LogP contribution in [-0.2, 0) is 10.3 Å². The van der Waals surface area contributed by atoms with Crippen LogP contribution in [-0.4, -0.2) is 17.4 Å². The van der Waals surface area contributed by atoms with Gasteiger partial charge in [-0.2, -0.15) is 0 Å². The lowest BCUT2D eigenvalue weighted by Gasteiger charge is -2.35. The van der Waals surface area contributed by atoms with Crippen molar-refractivity contribution >= 4 is 5.91 Å². The summed E-state index contributed by atoms with van der Waals surface area (Å²) in [6.45, 7) is 10.1. The third kappa shape index (κ3) is 3.48. The van der Waals surface area contributed by atoms with Crippen LogP contribution in [0, 0.1) is 5.82 Å². The summed E-state index contributed by atoms with van der Waals surface area (Å²) in [5, 5.41) is 5.82. The highest BCUT2D eigenvalue weighted by Gasteiger charge is 2.47. The fraction of sp³-hybridized carbons (Fsp3) is 0.125. The predicted molar refractivity (Wildman–Crippen MR) is 114 cm³/mol. The number of amides is 1. The molecule has 1 saturated heterocycles. The van der Waals surface area contributed by atoms with Crippen molar-refractivity contribution in [1.29, 1.82) is 0 Å². The maximum Gasteiger partial charge on any atom is 0.257 e. The van der Waals surface area contributed by atoms with Crippen molar-refractivity contribution in [1.82, 2.24) is 15.5 Å². The average molecular weight is 403 g/mol. The molecule has 1 amide bonds. The number of allylic oxidation sites excluding steroid dienone is 3. The molecule has 0 bridgehead atoms. The number of para-hydroxylation sites is 1. The molecule has 0 aliphatic carbocycles. The summed E-state index contributed by atoms with van der Waals surface area (Å²) in [7, 11) is 0. The number of carbonyl (C=O) groups is 1. The van der Waals surface area contributed by atoms with Crippen LogP contribution in [0.25, 0.3) is 0 Å². The lowest BCUT2D eigenvalue weighted by molar-refractivity contribution is -0.124. The predicted octanol–water partition coefficient (Wildman–Crippen LogP) is 4.29. The first-order valence-corrected chi connectivity index (χ1v) is 9.51. The highest BCUT2D eigenvalue weighted by Crippen LogP contribution is 2.34. The van der Waals surface area contributed by atoms with E-state index in [1.807, 2.05) is 48.4 Å². The van der Waals surface area contributed by atoms with E-state index in [2.05, 4.69) is 23.8 Å². The van der Waals surface area contributed by atoms with E-state index in [-0.39, 0.29) is 18.2 Å². The van der Waals surface area contributed by atoms with Gasteiger partial charge < -0.3 is 20.3 Å². The Bertz CT molecular complexity index is 1090. The molecular formula is C24H22FN3O2. The Hall–Kier alpha value is -3.80. The maximum atomic E-state index is 14.9. The van der Waals surface area contributed by atoms with E-state index in [9.17, 15) is 9.18 Å². The first-order chi connectivity index (χ1) is 14.4. The van der Waals surface area contributed by atoms with Gasteiger partial charge >= 0.3 is 0 Å². The topological polar surface area (TPSA) is 53.6 Å². The van der Waals surface area contributed by atoms with Crippen LogP contribution in [0.4, 0.5) is 4.39 Å². The molecule has 0 saturated carbocycles. The number of carbonyl (C=O) groups excluding carboxylic acids is 1. The number of hydrogen-bond acceptors (Lipinski definition) is 4. The third-order valence-electron chi connectivity index (χ3n) is 5.23. The summed E-state index contributed by atoms with van der Waals surface area (Å²) in [5.74, 6) is 0.104. The third-order valence-corrected chi connectivity index (χ3v) is 5.23. The molecule has 2 aromatic carbocycles. The molecule has 2 aromatic rings. The molecule has 1 unspecified atom stereocenters. The van der Waals surface area contributed by atoms with Crippen molar-refractivity contribution in [2.75, 3.05) is 6.54 Å². The van der Waals surface area contributed by atoms with Crippen LogP contribution >= 0.6 is 0 Å². The number of nitrogens with zero attached hydrogens (tertiary/aromatic N) is 1. The van der Waals surface area contributed by atoms with E-state index < -0.39 is 11.4 Å². The SMILES string of the molecule is C=C1NC(=O)C(CN2C=CC=C(C)C2=C)(c2ccc(Oc3ccccc3)c(F)c2)N1. The number of benzene rings is 2. The fourth-order valence-corrected chi connectivity index (χ4v) is 3.57. The summed E-state index contributed by atoms with van der Waals surface area (Å²) in [6, 6.07) is 13.5. The smallest absolute Gasteiger partial charge is 0.257 e. The number of halogens is 1. The molecule has 4 rings (SSSR count). The minimum atomic E-state index is -1.23. The van der Waals surface area contributed by atoms with Crippen LogP contribution in [0.2, 0.25) is 0 Å². The normalized spacial score (nSPS) is 20.7. The lowest BCUT2D eigenvalue weighted by atomic mass is 9.88. The highest BCUT2D eigenvalue weighted by molar-refractivity contribution is 5.92. The second kappa shape index (κ2) is 7.55. The minimum absolute atomic E-state index is 0.0818. The van der Waals surface area contributed by atoms with E-state index in [0.29, 0.717) is 17.1 Å². The molecule has 2 heterocycles. The van der Waals surface area contributed by atoms with Gasteiger partial charge in [0.25, 0.3) is 5.91 Å². The Morgan fingerprint density at radius 1 is 1.17 bits per heavy atom. The zero-order valence-electron chi connectivity index (χ0n) is 16.6. The van der Waals surface area contributed by atoms with Crippen molar-refractivity contribution in [2.24, 2.45) is 0 Å². The van der Waals surface area contributed by atoms with Crippen LogP contribution < -0.4 is 15.4 Å². The van der Waals surface area contributed by atoms with Crippen LogP contribution in [0.15, 0.2) is 97.1 Å². The van der Waals surface area contributed by atoms with Crippen molar-refractivity contribution in [3.63, 3.8) is 0 Å². The summed E-state index contributed by atoms with van der Waals surface area (Å²) < 4.78 is 20.6. The first-order valence-electron chi connectivity index (χ1n) is 9.51. The Kier molecular flexibility index (Phi) is 4.91. The highest BCUT2D eigenvalue weighted by atomic mass is 19.1. The van der Waals surface area contributed by atoms with Crippen molar-refractivity contribution < 1.29 is 13.9 Å². The quantitative estimate of drug-likeness (QED) is 0.782. The molecular weight excluding hydrogens is 381 g/mol. The van der Waals surface area contributed by atoms with E-state index in [0.717, 1.165) is 11.3 Å². The van der Waals surface area contributed by atoms with Gasteiger partial charge in [0.15, 0.2) is 17.1 Å². The molecule has 1 fully saturated rings. The monoisotopic (exact) mass is 403 g/mol. The van der Waals surface area contributed by atoms with E-state index in [4.69, 9.17) is 4.74 Å². The summed E-state index contributed by atoms with van der Waals surface area (Å²) in [6.07, 6.45) is 5.68. The molecule has 2 aliphatic rings. The molecule has 5 nitrogen and oxygen atoms in total. The largest absolute Gasteiger partial charge is 0.454 e. The number of rotatable bonds is 5. The molecule has 1 atom stereocenters. The van der Waals surface area contributed by atoms with E-state index in [1.165, 1.54) is 12.1 Å². The van der Waals surface area contributed by atoms with E-state index >= 15 is 0 Å². The minimum Gasteiger partial charge on any atom is -0.454 e. The van der Waals surface area contributed by atoms with Gasteiger partial charge in [0, 0.05) is 11.9 Å². The van der Waals surface area contributed by atoms with Crippen LogP contribution in [0.5, 0.6) is 11.5 Å². The van der Waals surface area contributed by atoms with Gasteiger partial charge in [-0.1, -0.05) is 43.5 Å². The average Bonchev–Trinajstić information content (AvgIpc) is 3.01. The van der Waals surface area contributed by atoms with Gasteiger partial charge in [0.2, 0.25) is 0 Å². The van der Waals surface area contributed by atoms with E-state index in [1.54, 1.807) is 18.2 Å². The molecule has 0 spiro atoms. The first kappa shape index (κ1) is 19.5. The molecule has 2 N–H and O–H groups in total. The zero-order chi connectivity index (χ0) is 21.3. The van der Waals surface area contributed by atoms with Gasteiger partial charge in [-0.05, 0) is 48.4 Å². The second-order valence-corrected chi connectivity index (χ2v) is 7.29. The fourth-order valence-electron chi connectivity index (χ4n) is 3.57. The molecule has 0 radical (unpaired) electrons. The van der Waals surface area contributed by atoms with Crippen LogP contribution in [0.3, 0.4) is 0 Å². The number of ether oxygens (including phenoxy) is 1. The van der Waals surface area contributed by atoms with Gasteiger partial charge in [0.05, 0.1) is 12.4 Å². The molecule has 6 heteroatoms. The lowest BCUT2D eigenvalue weighted by Crippen LogP contribution is -2.51. The molecule has 152 valence electrons. The number of nitrogens with one attached hydrogen (secondary N) is 2. The van der Waals surface area contributed by atoms with Gasteiger partial charge in [-0.25, -0.2) is 4.39 Å². The van der Waals surface area contributed by atoms with Crippen molar-refractivity contribution in [3.8, 4) is 11.5 Å². The Labute approximate surface area is 174 Å². The summed E-state index contributed by atoms with van der Waals surface area (Å²) >= 11 is 0. The second-order valence-electron chi connectivity index (χ2n) is 7.29. The van der Waals surface area contributed by atoms with Crippen molar-refractivity contribution in [2.45, 2.75) is 12.5 Å². The summed E-state index contributed by atoms with van der Waals surface area (Å²) in [4.78, 5) is 14.8. The van der Waals surface area contributed by atoms with Gasteiger partial charge in [-0.3, -0.25) is 4.79 Å². The van der Waals surface area contributed by atoms with Crippen LogP contribution in [0.1, 0.15) is 12.5 Å². The number of hydrogen-bond donors (Lipinski definition) is 2. The molecule has 2 aliphatic heterocycles. The standard InChI is InChI=1S/C24H22FN3O2/c1-16-8-7-13-28(17(16)2)15-24(23(29)26-18(3)27-24)19-11-12-22(21(25)14-19)30-20-9-5-4-6-10-20/h4-14,27H,2-3,15H2,1H3,(H,26,29). The Morgan fingerprint density at radius 3 is 2.60 bits per heavy atom. The van der Waals surface area contributed by atoms with Gasteiger partial charge in [0.1, 0.15) is 5.75 Å². The Morgan fingerprint density at radius 2 is 1.93 bits per heavy atom. The maximum absolute atomic E-state index is 14.9. The molecule has 0 aromatic heterocycles. The Balaban J connectivity index is 1.68. The zero-order valence-corrected chi connectivity index (χ0v) is 16.6.